The topological polar surface area (TPSA) is 283 Å². The number of esters is 1. The lowest BCUT2D eigenvalue weighted by Crippen LogP contribution is -2.34. The molecule has 1 aromatic carbocycles. The Hall–Kier alpha value is -8.14. The molecule has 88 heavy (non-hydrogen) atoms. The van der Waals surface area contributed by atoms with Gasteiger partial charge in [0, 0.05) is 76.1 Å². The molecule has 0 aliphatic carbocycles. The molecule has 3 aromatic heterocycles. The molecule has 0 unspecified atom stereocenters. The van der Waals surface area contributed by atoms with E-state index in [0.29, 0.717) is 84.2 Å². The van der Waals surface area contributed by atoms with Crippen LogP contribution >= 0.6 is 0 Å². The summed E-state index contributed by atoms with van der Waals surface area (Å²) in [5.74, 6) is -11.9. The first-order valence-electron chi connectivity index (χ1n) is 28.4. The maximum absolute atomic E-state index is 14.0. The molecule has 2 aliphatic heterocycles. The molecule has 4 aromatic rings. The van der Waals surface area contributed by atoms with Crippen LogP contribution in [0.3, 0.4) is 0 Å². The number of halogens is 4. The molecule has 2 aliphatic rings. The molecule has 0 spiro atoms. The number of aromatic carboxylic acids is 1. The number of hydrogen-bond acceptors (Lipinski definition) is 19. The molecule has 0 saturated heterocycles. The van der Waals surface area contributed by atoms with E-state index in [0.717, 1.165) is 0 Å². The first kappa shape index (κ1) is 69.0. The number of benzene rings is 1. The average molecular weight is 1230 g/mol. The van der Waals surface area contributed by atoms with E-state index in [1.165, 1.54) is 6.07 Å². The Kier molecular flexibility index (Phi) is 26.5. The summed E-state index contributed by atoms with van der Waals surface area (Å²) in [7, 11) is 0. The van der Waals surface area contributed by atoms with Gasteiger partial charge in [-0.3, -0.25) is 34.2 Å². The number of aliphatic hydroxyl groups is 1. The Balaban J connectivity index is 0.988. The number of rotatable bonds is 38. The largest absolute Gasteiger partial charge is 0.507 e. The molecule has 0 saturated carbocycles. The standard InChI is InChI=1S/C62H74F4N8O14/c1-40(76)51-15-7-11-42(70-51)32-73(31-41-10-6-14-45(37-75)68-41)35-46-26-48(27-47(69-46)36-74(33-43-12-8-16-52(71-43)59(79)80)34-44-13-9-17-53(72-44)60(81)82)87-25-24-85-23-22-84-21-20-83-19-18-67-54(77)29-61(2,3)38-86-39-62(4,5)30-55(78)88-58-56(65)49(63)28-50(64)57(58)66/h6,8,10-12,14,16-17,26-28,37,76H,1,7,9,13,15,18-25,29-36,38-39H2,2-5H3,(H,67,77)(H,79,80)(H,81,82). The minimum Gasteiger partial charge on any atom is -0.507 e. The van der Waals surface area contributed by atoms with Crippen molar-refractivity contribution in [3.63, 3.8) is 0 Å². The van der Waals surface area contributed by atoms with Crippen LogP contribution < -0.4 is 14.8 Å². The van der Waals surface area contributed by atoms with E-state index in [1.807, 2.05) is 35.8 Å². The number of aldehydes is 1. The minimum atomic E-state index is -1.83. The highest BCUT2D eigenvalue weighted by Crippen LogP contribution is 2.30. The van der Waals surface area contributed by atoms with E-state index in [1.54, 1.807) is 56.3 Å². The van der Waals surface area contributed by atoms with Crippen molar-refractivity contribution < 1.29 is 85.3 Å². The molecule has 474 valence electrons. The number of aliphatic hydroxyl groups excluding tert-OH is 1. The summed E-state index contributed by atoms with van der Waals surface area (Å²) in [6, 6.07) is 13.5. The van der Waals surface area contributed by atoms with E-state index in [4.69, 9.17) is 28.7 Å². The molecule has 0 radical (unpaired) electrons. The molecule has 1 amide bonds. The number of allylic oxidation sites excluding steroid dienone is 3. The number of carboxylic acids is 2. The fourth-order valence-corrected chi connectivity index (χ4v) is 9.21. The molecular weight excluding hydrogens is 1160 g/mol. The third-order valence-corrected chi connectivity index (χ3v) is 13.2. The van der Waals surface area contributed by atoms with Gasteiger partial charge in [0.15, 0.2) is 17.9 Å². The van der Waals surface area contributed by atoms with Gasteiger partial charge in [-0.25, -0.2) is 33.3 Å². The van der Waals surface area contributed by atoms with Crippen molar-refractivity contribution in [3.05, 3.63) is 148 Å². The van der Waals surface area contributed by atoms with Crippen LogP contribution in [0.25, 0.3) is 0 Å². The summed E-state index contributed by atoms with van der Waals surface area (Å²) in [6.45, 7) is 13.8. The fourth-order valence-electron chi connectivity index (χ4n) is 9.21. The number of carboxylic acid groups (broad SMARTS) is 2. The maximum Gasteiger partial charge on any atom is 0.354 e. The number of pyridine rings is 3. The van der Waals surface area contributed by atoms with Crippen LogP contribution in [0.1, 0.15) is 110 Å². The highest BCUT2D eigenvalue weighted by molar-refractivity contribution is 5.98. The van der Waals surface area contributed by atoms with E-state index >= 15 is 0 Å². The van der Waals surface area contributed by atoms with Gasteiger partial charge in [0.1, 0.15) is 35.2 Å². The quantitative estimate of drug-likeness (QED) is 0.00624. The van der Waals surface area contributed by atoms with Gasteiger partial charge in [-0.2, -0.15) is 8.78 Å². The molecule has 5 heterocycles. The van der Waals surface area contributed by atoms with Gasteiger partial charge in [-0.1, -0.05) is 58.6 Å². The summed E-state index contributed by atoms with van der Waals surface area (Å²) in [5, 5.41) is 32.5. The van der Waals surface area contributed by atoms with Crippen LogP contribution in [-0.4, -0.2) is 161 Å². The molecule has 0 atom stereocenters. The van der Waals surface area contributed by atoms with Crippen LogP contribution in [0.15, 0.2) is 100 Å². The van der Waals surface area contributed by atoms with Crippen molar-refractivity contribution in [3.8, 4) is 11.5 Å². The van der Waals surface area contributed by atoms with Crippen LogP contribution in [0.5, 0.6) is 11.5 Å². The lowest BCUT2D eigenvalue weighted by molar-refractivity contribution is -0.138. The third kappa shape index (κ3) is 23.5. The third-order valence-electron chi connectivity index (χ3n) is 13.2. The van der Waals surface area contributed by atoms with Crippen molar-refractivity contribution >= 4 is 41.5 Å². The summed E-state index contributed by atoms with van der Waals surface area (Å²) in [5.41, 5.74) is 2.51. The maximum atomic E-state index is 14.0. The van der Waals surface area contributed by atoms with Crippen molar-refractivity contribution in [1.29, 1.82) is 0 Å². The number of carbonyl (C=O) groups excluding carboxylic acids is 3. The van der Waals surface area contributed by atoms with Crippen molar-refractivity contribution in [2.24, 2.45) is 20.8 Å². The number of nitrogens with zero attached hydrogens (tertiary/aromatic N) is 7. The first-order valence-corrected chi connectivity index (χ1v) is 28.4. The summed E-state index contributed by atoms with van der Waals surface area (Å²) in [4.78, 5) is 87.7. The number of amides is 1. The normalized spacial score (nSPS) is 13.6. The second-order valence-corrected chi connectivity index (χ2v) is 22.4. The second-order valence-electron chi connectivity index (χ2n) is 22.4. The number of aromatic nitrogens is 3. The van der Waals surface area contributed by atoms with Crippen LogP contribution in [0, 0.1) is 34.1 Å². The van der Waals surface area contributed by atoms with Crippen molar-refractivity contribution in [1.82, 2.24) is 30.1 Å². The smallest absolute Gasteiger partial charge is 0.354 e. The average Bonchev–Trinajstić information content (AvgIpc) is 3.63. The fraction of sp³-hybridized carbons (Fsp3) is 0.452. The molecule has 26 heteroatoms. The second kappa shape index (κ2) is 33.8. The molecule has 0 fully saturated rings. The van der Waals surface area contributed by atoms with E-state index in [2.05, 4.69) is 36.6 Å². The summed E-state index contributed by atoms with van der Waals surface area (Å²) >= 11 is 0. The van der Waals surface area contributed by atoms with Gasteiger partial charge in [0.2, 0.25) is 23.3 Å². The molecule has 0 bridgehead atoms. The van der Waals surface area contributed by atoms with Gasteiger partial charge < -0.3 is 49.1 Å². The SMILES string of the molecule is C=C(O)C1=NC(CN(Cc2cccc(C=O)n2)Cc2cc(OCCOCCOCCOCCNC(=O)CC(C)(C)COCC(C)(C)CC(=O)Oc3c(F)c(F)cc(F)c3F)cc(CN(CC3=NC(C(=O)O)=CCC3)Cc3cccc(C(=O)O)n3)n2)=CCC1. The Morgan fingerprint density at radius 1 is 0.648 bits per heavy atom. The number of ether oxygens (including phenoxy) is 6. The van der Waals surface area contributed by atoms with Crippen LogP contribution in [0.2, 0.25) is 0 Å². The van der Waals surface area contributed by atoms with E-state index in [-0.39, 0.29) is 140 Å². The van der Waals surface area contributed by atoms with Gasteiger partial charge in [-0.05, 0) is 60.8 Å². The minimum absolute atomic E-state index is 0.0101. The number of nitrogens with one attached hydrogen (secondary N) is 1. The summed E-state index contributed by atoms with van der Waals surface area (Å²) in [6.07, 6.45) is 6.06. The predicted octanol–water partition coefficient (Wildman–Crippen LogP) is 8.34. The molecule has 22 nitrogen and oxygen atoms in total. The molecule has 6 rings (SSSR count). The number of hydrogen-bond donors (Lipinski definition) is 4. The zero-order chi connectivity index (χ0) is 63.8. The predicted molar refractivity (Wildman–Crippen MR) is 313 cm³/mol. The Morgan fingerprint density at radius 3 is 1.85 bits per heavy atom. The highest BCUT2D eigenvalue weighted by atomic mass is 19.2. The number of aliphatic carboxylic acids is 1. The first-order chi connectivity index (χ1) is 41.9. The van der Waals surface area contributed by atoms with Crippen LogP contribution in [0.4, 0.5) is 17.6 Å². The van der Waals surface area contributed by atoms with Gasteiger partial charge in [0.05, 0.1) is 93.5 Å². The Bertz CT molecular complexity index is 3220. The Labute approximate surface area is 507 Å². The van der Waals surface area contributed by atoms with Gasteiger partial charge in [-0.15, -0.1) is 0 Å². The number of carbonyl (C=O) groups is 5. The van der Waals surface area contributed by atoms with E-state index < -0.39 is 64.2 Å². The van der Waals surface area contributed by atoms with Gasteiger partial charge >= 0.3 is 17.9 Å². The Morgan fingerprint density at radius 2 is 1.23 bits per heavy atom. The van der Waals surface area contributed by atoms with Gasteiger partial charge in [0.25, 0.3) is 0 Å². The zero-order valence-corrected chi connectivity index (χ0v) is 49.7. The molecular formula is C62H74F4N8O14. The monoisotopic (exact) mass is 1230 g/mol. The number of aliphatic imine (C=N–C) groups is 2. The van der Waals surface area contributed by atoms with Crippen LogP contribution in [-0.2, 0) is 59.5 Å². The zero-order valence-electron chi connectivity index (χ0n) is 49.7. The summed E-state index contributed by atoms with van der Waals surface area (Å²) < 4.78 is 88.9. The van der Waals surface area contributed by atoms with Crippen molar-refractivity contribution in [2.75, 3.05) is 79.1 Å². The van der Waals surface area contributed by atoms with Crippen molar-refractivity contribution in [2.45, 2.75) is 92.4 Å². The highest BCUT2D eigenvalue weighted by Gasteiger charge is 2.30. The lowest BCUT2D eigenvalue weighted by atomic mass is 9.88. The molecule has 4 N–H and O–H groups in total. The van der Waals surface area contributed by atoms with E-state index in [9.17, 15) is 56.9 Å². The lowest BCUT2D eigenvalue weighted by Gasteiger charge is -2.28.